The molecule has 1 N–H and O–H groups in total. The summed E-state index contributed by atoms with van der Waals surface area (Å²) in [7, 11) is 1.32. The van der Waals surface area contributed by atoms with E-state index in [4.69, 9.17) is 16.3 Å². The van der Waals surface area contributed by atoms with E-state index >= 15 is 0 Å². The Morgan fingerprint density at radius 1 is 0.933 bits per heavy atom. The SMILES string of the molecule is COC(=O)c1ccc(/C=N\NC(=O)c2ccc(OCc3ccc(Cl)cc3)cc2)cc1. The zero-order valence-corrected chi connectivity index (χ0v) is 16.9. The minimum atomic E-state index is -0.410. The molecule has 0 bridgehead atoms. The van der Waals surface area contributed by atoms with Crippen LogP contribution in [0.2, 0.25) is 5.02 Å². The molecule has 3 aromatic rings. The summed E-state index contributed by atoms with van der Waals surface area (Å²) in [6.45, 7) is 0.405. The molecule has 0 saturated heterocycles. The highest BCUT2D eigenvalue weighted by molar-refractivity contribution is 6.30. The van der Waals surface area contributed by atoms with Crippen LogP contribution in [-0.2, 0) is 11.3 Å². The Hall–Kier alpha value is -3.64. The molecule has 0 heterocycles. The summed E-state index contributed by atoms with van der Waals surface area (Å²) in [5.74, 6) is -0.107. The lowest BCUT2D eigenvalue weighted by atomic mass is 10.1. The fourth-order valence-electron chi connectivity index (χ4n) is 2.50. The molecular formula is C23H19ClN2O4. The minimum absolute atomic E-state index is 0.346. The molecule has 3 rings (SSSR count). The zero-order valence-electron chi connectivity index (χ0n) is 16.2. The third kappa shape index (κ3) is 5.93. The van der Waals surface area contributed by atoms with Crippen molar-refractivity contribution in [3.8, 4) is 5.75 Å². The zero-order chi connectivity index (χ0) is 21.3. The molecule has 7 heteroatoms. The number of hydrogen-bond acceptors (Lipinski definition) is 5. The normalized spacial score (nSPS) is 10.6. The van der Waals surface area contributed by atoms with Gasteiger partial charge in [0.05, 0.1) is 18.9 Å². The van der Waals surface area contributed by atoms with Crippen molar-refractivity contribution in [1.82, 2.24) is 5.43 Å². The maximum atomic E-state index is 12.2. The lowest BCUT2D eigenvalue weighted by Crippen LogP contribution is -2.17. The fraction of sp³-hybridized carbons (Fsp3) is 0.0870. The molecule has 0 aliphatic carbocycles. The van der Waals surface area contributed by atoms with Gasteiger partial charge in [0, 0.05) is 10.6 Å². The number of carbonyl (C=O) groups is 2. The van der Waals surface area contributed by atoms with Gasteiger partial charge in [-0.25, -0.2) is 10.2 Å². The van der Waals surface area contributed by atoms with Crippen LogP contribution in [0.3, 0.4) is 0 Å². The number of hydrogen-bond donors (Lipinski definition) is 1. The Balaban J connectivity index is 1.51. The number of hydrazone groups is 1. The molecular weight excluding hydrogens is 404 g/mol. The standard InChI is InChI=1S/C23H19ClN2O4/c1-29-23(28)19-6-2-16(3-7-19)14-25-26-22(27)18-8-12-21(13-9-18)30-15-17-4-10-20(24)11-5-17/h2-14H,15H2,1H3,(H,26,27)/b25-14-. The van der Waals surface area contributed by atoms with Crippen molar-refractivity contribution >= 4 is 29.7 Å². The van der Waals surface area contributed by atoms with Gasteiger partial charge in [0.15, 0.2) is 0 Å². The van der Waals surface area contributed by atoms with Gasteiger partial charge in [0.1, 0.15) is 12.4 Å². The second-order valence-electron chi connectivity index (χ2n) is 6.25. The molecule has 0 aliphatic heterocycles. The summed E-state index contributed by atoms with van der Waals surface area (Å²) in [6, 6.07) is 20.8. The first-order valence-corrected chi connectivity index (χ1v) is 9.42. The second kappa shape index (κ2) is 10.2. The van der Waals surface area contributed by atoms with Gasteiger partial charge in [-0.3, -0.25) is 4.79 Å². The van der Waals surface area contributed by atoms with Crippen molar-refractivity contribution in [2.75, 3.05) is 7.11 Å². The highest BCUT2D eigenvalue weighted by atomic mass is 35.5. The Morgan fingerprint density at radius 3 is 2.20 bits per heavy atom. The van der Waals surface area contributed by atoms with Gasteiger partial charge in [-0.05, 0) is 59.7 Å². The van der Waals surface area contributed by atoms with Gasteiger partial charge >= 0.3 is 5.97 Å². The number of rotatable bonds is 7. The van der Waals surface area contributed by atoms with Crippen LogP contribution in [0.15, 0.2) is 77.9 Å². The molecule has 0 fully saturated rings. The Labute approximate surface area is 179 Å². The van der Waals surface area contributed by atoms with Crippen molar-refractivity contribution in [2.45, 2.75) is 6.61 Å². The minimum Gasteiger partial charge on any atom is -0.489 e. The molecule has 1 amide bonds. The van der Waals surface area contributed by atoms with E-state index in [1.807, 2.05) is 24.3 Å². The van der Waals surface area contributed by atoms with E-state index in [0.717, 1.165) is 11.1 Å². The van der Waals surface area contributed by atoms with E-state index in [1.165, 1.54) is 13.3 Å². The van der Waals surface area contributed by atoms with E-state index in [9.17, 15) is 9.59 Å². The van der Waals surface area contributed by atoms with Gasteiger partial charge in [0.2, 0.25) is 0 Å². The molecule has 0 atom stereocenters. The van der Waals surface area contributed by atoms with Crippen LogP contribution in [0.25, 0.3) is 0 Å². The molecule has 0 radical (unpaired) electrons. The van der Waals surface area contributed by atoms with E-state index in [1.54, 1.807) is 48.5 Å². The van der Waals surface area contributed by atoms with Crippen molar-refractivity contribution in [1.29, 1.82) is 0 Å². The van der Waals surface area contributed by atoms with Crippen LogP contribution in [0.5, 0.6) is 5.75 Å². The van der Waals surface area contributed by atoms with Crippen molar-refractivity contribution in [3.05, 3.63) is 100 Å². The van der Waals surface area contributed by atoms with Crippen molar-refractivity contribution in [2.24, 2.45) is 5.10 Å². The number of methoxy groups -OCH3 is 1. The highest BCUT2D eigenvalue weighted by Crippen LogP contribution is 2.16. The third-order valence-electron chi connectivity index (χ3n) is 4.15. The molecule has 0 aliphatic rings. The second-order valence-corrected chi connectivity index (χ2v) is 6.69. The summed E-state index contributed by atoms with van der Waals surface area (Å²) >= 11 is 5.86. The summed E-state index contributed by atoms with van der Waals surface area (Å²) < 4.78 is 10.3. The molecule has 0 aromatic heterocycles. The lowest BCUT2D eigenvalue weighted by molar-refractivity contribution is 0.0600. The van der Waals surface area contributed by atoms with E-state index in [-0.39, 0.29) is 5.91 Å². The predicted octanol–water partition coefficient (Wildman–Crippen LogP) is 4.47. The summed E-state index contributed by atoms with van der Waals surface area (Å²) in [4.78, 5) is 23.6. The molecule has 3 aromatic carbocycles. The number of carbonyl (C=O) groups excluding carboxylic acids is 2. The van der Waals surface area contributed by atoms with E-state index in [0.29, 0.717) is 28.5 Å². The summed E-state index contributed by atoms with van der Waals surface area (Å²) in [5.41, 5.74) is 5.08. The van der Waals surface area contributed by atoms with Gasteiger partial charge in [-0.15, -0.1) is 0 Å². The van der Waals surface area contributed by atoms with Gasteiger partial charge in [0.25, 0.3) is 5.91 Å². The van der Waals surface area contributed by atoms with Crippen LogP contribution < -0.4 is 10.2 Å². The van der Waals surface area contributed by atoms with Crippen molar-refractivity contribution in [3.63, 3.8) is 0 Å². The molecule has 0 saturated carbocycles. The Morgan fingerprint density at radius 2 is 1.57 bits per heavy atom. The highest BCUT2D eigenvalue weighted by Gasteiger charge is 2.06. The lowest BCUT2D eigenvalue weighted by Gasteiger charge is -2.07. The van der Waals surface area contributed by atoms with Crippen LogP contribution in [-0.4, -0.2) is 25.2 Å². The third-order valence-corrected chi connectivity index (χ3v) is 4.40. The number of nitrogens with one attached hydrogen (secondary N) is 1. The molecule has 0 unspecified atom stereocenters. The Kier molecular flexibility index (Phi) is 7.19. The summed E-state index contributed by atoms with van der Waals surface area (Å²) in [6.07, 6.45) is 1.49. The molecule has 30 heavy (non-hydrogen) atoms. The van der Waals surface area contributed by atoms with Crippen LogP contribution in [0.1, 0.15) is 31.8 Å². The first kappa shape index (κ1) is 21.1. The number of nitrogens with zero attached hydrogens (tertiary/aromatic N) is 1. The number of halogens is 1. The van der Waals surface area contributed by atoms with Gasteiger partial charge in [-0.1, -0.05) is 35.9 Å². The number of ether oxygens (including phenoxy) is 2. The average molecular weight is 423 g/mol. The van der Waals surface area contributed by atoms with Gasteiger partial charge < -0.3 is 9.47 Å². The van der Waals surface area contributed by atoms with Crippen molar-refractivity contribution < 1.29 is 19.1 Å². The van der Waals surface area contributed by atoms with E-state index in [2.05, 4.69) is 15.3 Å². The molecule has 0 spiro atoms. The summed E-state index contributed by atoms with van der Waals surface area (Å²) in [5, 5.41) is 4.61. The molecule has 152 valence electrons. The smallest absolute Gasteiger partial charge is 0.337 e. The molecule has 6 nitrogen and oxygen atoms in total. The number of amides is 1. The van der Waals surface area contributed by atoms with Crippen LogP contribution in [0.4, 0.5) is 0 Å². The first-order valence-electron chi connectivity index (χ1n) is 9.04. The average Bonchev–Trinajstić information content (AvgIpc) is 2.79. The maximum Gasteiger partial charge on any atom is 0.337 e. The monoisotopic (exact) mass is 422 g/mol. The maximum absolute atomic E-state index is 12.2. The number of benzene rings is 3. The largest absolute Gasteiger partial charge is 0.489 e. The quantitative estimate of drug-likeness (QED) is 0.346. The fourth-order valence-corrected chi connectivity index (χ4v) is 2.63. The predicted molar refractivity (Wildman–Crippen MR) is 115 cm³/mol. The van der Waals surface area contributed by atoms with Gasteiger partial charge in [-0.2, -0.15) is 5.10 Å². The topological polar surface area (TPSA) is 77.0 Å². The Bertz CT molecular complexity index is 1030. The van der Waals surface area contributed by atoms with Crippen LogP contribution in [0, 0.1) is 0 Å². The first-order chi connectivity index (χ1) is 14.5. The number of esters is 1. The van der Waals surface area contributed by atoms with Crippen LogP contribution >= 0.6 is 11.6 Å². The van der Waals surface area contributed by atoms with E-state index < -0.39 is 5.97 Å².